The fourth-order valence-electron chi connectivity index (χ4n) is 2.30. The molecule has 0 unspecified atom stereocenters. The van der Waals surface area contributed by atoms with Crippen LogP contribution >= 0.6 is 0 Å². The second-order valence-electron chi connectivity index (χ2n) is 5.30. The Labute approximate surface area is 143 Å². The highest BCUT2D eigenvalue weighted by Crippen LogP contribution is 2.22. The van der Waals surface area contributed by atoms with Gasteiger partial charge in [-0.2, -0.15) is 0 Å². The first kappa shape index (κ1) is 16.3. The lowest BCUT2D eigenvalue weighted by atomic mass is 10.1. The molecule has 2 aromatic rings. The van der Waals surface area contributed by atoms with Gasteiger partial charge in [0.2, 0.25) is 0 Å². The third-order valence-corrected chi connectivity index (χ3v) is 3.48. The molecule has 1 fully saturated rings. The summed E-state index contributed by atoms with van der Waals surface area (Å²) in [6.07, 6.45) is 1.50. The predicted molar refractivity (Wildman–Crippen MR) is 91.2 cm³/mol. The summed E-state index contributed by atoms with van der Waals surface area (Å²) in [4.78, 5) is 35.3. The maximum absolute atomic E-state index is 12.5. The van der Waals surface area contributed by atoms with Crippen LogP contribution in [0.5, 0.6) is 5.75 Å². The molecule has 126 valence electrons. The lowest BCUT2D eigenvalue weighted by Gasteiger charge is -2.13. The zero-order valence-electron chi connectivity index (χ0n) is 13.1. The van der Waals surface area contributed by atoms with E-state index in [1.165, 1.54) is 11.1 Å². The van der Waals surface area contributed by atoms with E-state index in [1.807, 2.05) is 6.07 Å². The Morgan fingerprint density at radius 1 is 1.08 bits per heavy atom. The summed E-state index contributed by atoms with van der Waals surface area (Å²) in [7, 11) is 0. The molecule has 0 radical (unpaired) electrons. The summed E-state index contributed by atoms with van der Waals surface area (Å²) in [5.74, 6) is -0.998. The number of benzene rings is 2. The second-order valence-corrected chi connectivity index (χ2v) is 5.30. The normalized spacial score (nSPS) is 15.4. The van der Waals surface area contributed by atoms with Crippen LogP contribution in [0.25, 0.3) is 6.08 Å². The first-order valence-corrected chi connectivity index (χ1v) is 7.48. The van der Waals surface area contributed by atoms with Crippen LogP contribution in [0.1, 0.15) is 5.56 Å². The van der Waals surface area contributed by atoms with Gasteiger partial charge in [0.1, 0.15) is 11.3 Å². The summed E-state index contributed by atoms with van der Waals surface area (Å²) < 4.78 is 5.16. The number of nitrogens with two attached hydrogens (primary N) is 1. The van der Waals surface area contributed by atoms with E-state index < -0.39 is 17.7 Å². The molecule has 0 atom stereocenters. The molecule has 0 aromatic heterocycles. The van der Waals surface area contributed by atoms with Crippen LogP contribution in [-0.4, -0.2) is 24.3 Å². The van der Waals surface area contributed by atoms with Gasteiger partial charge in [0.15, 0.2) is 6.61 Å². The summed E-state index contributed by atoms with van der Waals surface area (Å²) in [6.45, 7) is -0.215. The van der Waals surface area contributed by atoms with Crippen LogP contribution in [0.2, 0.25) is 0 Å². The van der Waals surface area contributed by atoms with E-state index in [-0.39, 0.29) is 12.2 Å². The van der Waals surface area contributed by atoms with Gasteiger partial charge in [0, 0.05) is 0 Å². The fourth-order valence-corrected chi connectivity index (χ4v) is 2.30. The van der Waals surface area contributed by atoms with E-state index >= 15 is 0 Å². The average molecular weight is 337 g/mol. The van der Waals surface area contributed by atoms with Crippen molar-refractivity contribution in [3.63, 3.8) is 0 Å². The standard InChI is InChI=1S/C18H15N3O4/c19-16(22)11-25-14-8-6-12(7-9-14)10-15-17(23)20-21(18(15)24)13-4-2-1-3-5-13/h1-10H,11H2,(H2,19,22)(H,20,23)/b15-10+. The van der Waals surface area contributed by atoms with E-state index in [4.69, 9.17) is 10.5 Å². The molecular formula is C18H15N3O4. The largest absolute Gasteiger partial charge is 0.484 e. The Kier molecular flexibility index (Phi) is 4.47. The minimum absolute atomic E-state index is 0.0367. The summed E-state index contributed by atoms with van der Waals surface area (Å²) in [6, 6.07) is 15.4. The molecule has 0 spiro atoms. The molecule has 1 aliphatic rings. The minimum atomic E-state index is -0.569. The number of primary amides is 1. The van der Waals surface area contributed by atoms with Crippen molar-refractivity contribution in [1.29, 1.82) is 0 Å². The quantitative estimate of drug-likeness (QED) is 0.628. The SMILES string of the molecule is NC(=O)COc1ccc(/C=C2\C(=O)NN(c3ccccc3)C2=O)cc1. The van der Waals surface area contributed by atoms with Crippen molar-refractivity contribution in [2.75, 3.05) is 11.6 Å². The number of para-hydroxylation sites is 1. The maximum Gasteiger partial charge on any atom is 0.282 e. The number of carbonyl (C=O) groups excluding carboxylic acids is 3. The van der Waals surface area contributed by atoms with E-state index in [1.54, 1.807) is 48.5 Å². The van der Waals surface area contributed by atoms with Crippen molar-refractivity contribution >= 4 is 29.5 Å². The number of amides is 3. The highest BCUT2D eigenvalue weighted by atomic mass is 16.5. The molecule has 1 saturated heterocycles. The number of hydrogen-bond acceptors (Lipinski definition) is 4. The molecule has 3 amide bonds. The summed E-state index contributed by atoms with van der Waals surface area (Å²) >= 11 is 0. The van der Waals surface area contributed by atoms with E-state index in [9.17, 15) is 14.4 Å². The van der Waals surface area contributed by atoms with Crippen LogP contribution in [0.3, 0.4) is 0 Å². The van der Waals surface area contributed by atoms with E-state index in [0.717, 1.165) is 0 Å². The van der Waals surface area contributed by atoms with E-state index in [2.05, 4.69) is 5.43 Å². The number of nitrogens with one attached hydrogen (secondary N) is 1. The third kappa shape index (κ3) is 3.66. The zero-order chi connectivity index (χ0) is 17.8. The molecule has 0 bridgehead atoms. The first-order valence-electron chi connectivity index (χ1n) is 7.48. The van der Waals surface area contributed by atoms with Crippen LogP contribution in [0, 0.1) is 0 Å². The Bertz CT molecular complexity index is 844. The number of ether oxygens (including phenoxy) is 1. The van der Waals surface area contributed by atoms with Gasteiger partial charge in [-0.25, -0.2) is 5.01 Å². The fraction of sp³-hybridized carbons (Fsp3) is 0.0556. The van der Waals surface area contributed by atoms with Gasteiger partial charge >= 0.3 is 0 Å². The summed E-state index contributed by atoms with van der Waals surface area (Å²) in [5, 5.41) is 1.21. The molecule has 0 saturated carbocycles. The molecule has 25 heavy (non-hydrogen) atoms. The summed E-state index contributed by atoms with van der Waals surface area (Å²) in [5.41, 5.74) is 8.82. The molecule has 7 nitrogen and oxygen atoms in total. The van der Waals surface area contributed by atoms with Crippen LogP contribution in [0.15, 0.2) is 60.2 Å². The number of carbonyl (C=O) groups is 3. The van der Waals surface area contributed by atoms with Gasteiger partial charge in [0.05, 0.1) is 5.69 Å². The first-order chi connectivity index (χ1) is 12.0. The van der Waals surface area contributed by atoms with Gasteiger partial charge in [-0.1, -0.05) is 30.3 Å². The van der Waals surface area contributed by atoms with Crippen molar-refractivity contribution < 1.29 is 19.1 Å². The molecule has 0 aliphatic carbocycles. The number of hydrazine groups is 1. The lowest BCUT2D eigenvalue weighted by Crippen LogP contribution is -2.35. The molecule has 7 heteroatoms. The number of rotatable bonds is 5. The predicted octanol–water partition coefficient (Wildman–Crippen LogP) is 1.01. The monoisotopic (exact) mass is 337 g/mol. The second kappa shape index (κ2) is 6.88. The van der Waals surface area contributed by atoms with Gasteiger partial charge in [-0.15, -0.1) is 0 Å². The van der Waals surface area contributed by atoms with Crippen molar-refractivity contribution in [3.8, 4) is 5.75 Å². The number of anilines is 1. The molecule has 1 aliphatic heterocycles. The highest BCUT2D eigenvalue weighted by molar-refractivity contribution is 6.31. The van der Waals surface area contributed by atoms with Crippen molar-refractivity contribution in [2.45, 2.75) is 0 Å². The molecule has 3 N–H and O–H groups in total. The van der Waals surface area contributed by atoms with Crippen LogP contribution < -0.4 is 20.9 Å². The van der Waals surface area contributed by atoms with Gasteiger partial charge < -0.3 is 10.5 Å². The third-order valence-electron chi connectivity index (χ3n) is 3.48. The van der Waals surface area contributed by atoms with Crippen molar-refractivity contribution in [3.05, 3.63) is 65.7 Å². The van der Waals surface area contributed by atoms with Crippen LogP contribution in [-0.2, 0) is 14.4 Å². The zero-order valence-corrected chi connectivity index (χ0v) is 13.1. The number of hydrogen-bond donors (Lipinski definition) is 2. The van der Waals surface area contributed by atoms with Crippen molar-refractivity contribution in [2.24, 2.45) is 5.73 Å². The Morgan fingerprint density at radius 2 is 1.76 bits per heavy atom. The Hall–Kier alpha value is -3.61. The molecule has 2 aromatic carbocycles. The minimum Gasteiger partial charge on any atom is -0.484 e. The lowest BCUT2D eigenvalue weighted by molar-refractivity contribution is -0.120. The highest BCUT2D eigenvalue weighted by Gasteiger charge is 2.34. The van der Waals surface area contributed by atoms with Gasteiger partial charge in [-0.3, -0.25) is 19.8 Å². The average Bonchev–Trinajstić information content (AvgIpc) is 2.90. The van der Waals surface area contributed by atoms with Gasteiger partial charge in [-0.05, 0) is 35.9 Å². The van der Waals surface area contributed by atoms with E-state index in [0.29, 0.717) is 17.0 Å². The molecular weight excluding hydrogens is 322 g/mol. The number of nitrogens with zero attached hydrogens (tertiary/aromatic N) is 1. The smallest absolute Gasteiger partial charge is 0.282 e. The maximum atomic E-state index is 12.5. The molecule has 3 rings (SSSR count). The van der Waals surface area contributed by atoms with Gasteiger partial charge in [0.25, 0.3) is 17.7 Å². The topological polar surface area (TPSA) is 102 Å². The Morgan fingerprint density at radius 3 is 2.40 bits per heavy atom. The Balaban J connectivity index is 1.78. The van der Waals surface area contributed by atoms with Crippen LogP contribution in [0.4, 0.5) is 5.69 Å². The van der Waals surface area contributed by atoms with Crippen molar-refractivity contribution in [1.82, 2.24) is 5.43 Å². The molecule has 1 heterocycles.